The molecule has 2 unspecified atom stereocenters. The summed E-state index contributed by atoms with van der Waals surface area (Å²) in [6.07, 6.45) is 4.73. The molecule has 2 atom stereocenters. The van der Waals surface area contributed by atoms with E-state index in [1.807, 2.05) is 6.92 Å². The van der Waals surface area contributed by atoms with Gasteiger partial charge < -0.3 is 4.79 Å². The van der Waals surface area contributed by atoms with Crippen LogP contribution in [0.1, 0.15) is 40.0 Å². The van der Waals surface area contributed by atoms with Crippen molar-refractivity contribution in [3.8, 4) is 0 Å². The smallest absolute Gasteiger partial charge is 0.123 e. The molecule has 0 amide bonds. The Bertz CT molecular complexity index is 88.7. The fourth-order valence-electron chi connectivity index (χ4n) is 0.923. The molecule has 1 nitrogen and oxygen atoms in total. The number of carbonyl (C=O) groups is 1. The Morgan fingerprint density at radius 3 is 2.40 bits per heavy atom. The Morgan fingerprint density at radius 1 is 1.40 bits per heavy atom. The molecule has 0 heterocycles. The molecule has 0 bridgehead atoms. The number of aldehydes is 1. The van der Waals surface area contributed by atoms with Gasteiger partial charge in [0.05, 0.1) is 0 Å². The zero-order valence-corrected chi connectivity index (χ0v) is 7.26. The maximum atomic E-state index is 10.3. The van der Waals surface area contributed by atoms with Crippen LogP contribution in [-0.2, 0) is 4.79 Å². The van der Waals surface area contributed by atoms with Crippen LogP contribution < -0.4 is 0 Å². The molecule has 0 saturated heterocycles. The normalized spacial score (nSPS) is 16.3. The van der Waals surface area contributed by atoms with Crippen molar-refractivity contribution < 1.29 is 4.79 Å². The van der Waals surface area contributed by atoms with Crippen LogP contribution in [0.5, 0.6) is 0 Å². The number of unbranched alkanes of at least 4 members (excludes halogenated alkanes) is 1. The molecule has 10 heavy (non-hydrogen) atoms. The van der Waals surface area contributed by atoms with Gasteiger partial charge in [0.2, 0.25) is 0 Å². The third-order valence-corrected chi connectivity index (χ3v) is 2.13. The number of carbonyl (C=O) groups excluding carboxylic acids is 1. The van der Waals surface area contributed by atoms with Crippen LogP contribution in [0, 0.1) is 11.8 Å². The summed E-state index contributed by atoms with van der Waals surface area (Å²) in [6.45, 7) is 6.32. The predicted molar refractivity (Wildman–Crippen MR) is 43.9 cm³/mol. The van der Waals surface area contributed by atoms with E-state index in [2.05, 4.69) is 13.8 Å². The summed E-state index contributed by atoms with van der Waals surface area (Å²) in [5, 5.41) is 0. The summed E-state index contributed by atoms with van der Waals surface area (Å²) in [7, 11) is 0. The van der Waals surface area contributed by atoms with Gasteiger partial charge in [-0.1, -0.05) is 40.0 Å². The van der Waals surface area contributed by atoms with Gasteiger partial charge in [0.1, 0.15) is 6.29 Å². The monoisotopic (exact) mass is 142 g/mol. The highest BCUT2D eigenvalue weighted by Crippen LogP contribution is 2.15. The lowest BCUT2D eigenvalue weighted by atomic mass is 9.92. The first kappa shape index (κ1) is 9.67. The number of rotatable bonds is 5. The fraction of sp³-hybridized carbons (Fsp3) is 0.889. The second kappa shape index (κ2) is 5.45. The van der Waals surface area contributed by atoms with Crippen LogP contribution in [-0.4, -0.2) is 6.29 Å². The van der Waals surface area contributed by atoms with Gasteiger partial charge in [0.25, 0.3) is 0 Å². The Morgan fingerprint density at radius 2 is 2.00 bits per heavy atom. The lowest BCUT2D eigenvalue weighted by Crippen LogP contribution is -2.08. The van der Waals surface area contributed by atoms with E-state index in [0.717, 1.165) is 6.29 Å². The van der Waals surface area contributed by atoms with Crippen LogP contribution in [0.25, 0.3) is 0 Å². The van der Waals surface area contributed by atoms with E-state index >= 15 is 0 Å². The third kappa shape index (κ3) is 3.65. The van der Waals surface area contributed by atoms with Crippen molar-refractivity contribution in [3.63, 3.8) is 0 Å². The fourth-order valence-corrected chi connectivity index (χ4v) is 0.923. The van der Waals surface area contributed by atoms with Gasteiger partial charge in [-0.25, -0.2) is 0 Å². The Balaban J connectivity index is 3.40. The minimum Gasteiger partial charge on any atom is -0.303 e. The molecule has 0 aliphatic rings. The molecule has 0 aromatic heterocycles. The van der Waals surface area contributed by atoms with Gasteiger partial charge in [-0.2, -0.15) is 0 Å². The summed E-state index contributed by atoms with van der Waals surface area (Å²) < 4.78 is 0. The van der Waals surface area contributed by atoms with Gasteiger partial charge >= 0.3 is 0 Å². The molecule has 0 aliphatic heterocycles. The molecule has 0 saturated carbocycles. The van der Waals surface area contributed by atoms with Gasteiger partial charge in [-0.3, -0.25) is 0 Å². The molecule has 0 aromatic rings. The molecule has 0 spiro atoms. The summed E-state index contributed by atoms with van der Waals surface area (Å²) >= 11 is 0. The molecule has 60 valence electrons. The Hall–Kier alpha value is -0.330. The van der Waals surface area contributed by atoms with Gasteiger partial charge in [-0.05, 0) is 5.92 Å². The number of hydrogen-bond donors (Lipinski definition) is 0. The highest BCUT2D eigenvalue weighted by Gasteiger charge is 2.09. The maximum Gasteiger partial charge on any atom is 0.123 e. The summed E-state index contributed by atoms with van der Waals surface area (Å²) in [5.41, 5.74) is 0. The van der Waals surface area contributed by atoms with Crippen LogP contribution in [0.3, 0.4) is 0 Å². The summed E-state index contributed by atoms with van der Waals surface area (Å²) in [4.78, 5) is 10.3. The van der Waals surface area contributed by atoms with Crippen LogP contribution in [0.2, 0.25) is 0 Å². The van der Waals surface area contributed by atoms with E-state index < -0.39 is 0 Å². The first-order valence-corrected chi connectivity index (χ1v) is 4.17. The van der Waals surface area contributed by atoms with Gasteiger partial charge in [-0.15, -0.1) is 0 Å². The Labute approximate surface area is 63.8 Å². The van der Waals surface area contributed by atoms with Crippen LogP contribution in [0.4, 0.5) is 0 Å². The van der Waals surface area contributed by atoms with Gasteiger partial charge in [0, 0.05) is 5.92 Å². The van der Waals surface area contributed by atoms with E-state index in [-0.39, 0.29) is 5.92 Å². The van der Waals surface area contributed by atoms with E-state index in [1.54, 1.807) is 0 Å². The Kier molecular flexibility index (Phi) is 5.27. The van der Waals surface area contributed by atoms with E-state index in [1.165, 1.54) is 19.3 Å². The third-order valence-electron chi connectivity index (χ3n) is 2.13. The van der Waals surface area contributed by atoms with Crippen molar-refractivity contribution >= 4 is 6.29 Å². The van der Waals surface area contributed by atoms with E-state index in [9.17, 15) is 4.79 Å². The molecule has 0 aromatic carbocycles. The minimum atomic E-state index is 0.242. The van der Waals surface area contributed by atoms with Crippen molar-refractivity contribution in [1.82, 2.24) is 0 Å². The largest absolute Gasteiger partial charge is 0.303 e. The van der Waals surface area contributed by atoms with E-state index in [0.29, 0.717) is 5.92 Å². The lowest BCUT2D eigenvalue weighted by Gasteiger charge is -2.12. The predicted octanol–water partition coefficient (Wildman–Crippen LogP) is 2.65. The van der Waals surface area contributed by atoms with Crippen molar-refractivity contribution in [2.75, 3.05) is 0 Å². The SMILES string of the molecule is CCCCC(C)C(C)C=O. The summed E-state index contributed by atoms with van der Waals surface area (Å²) in [5.74, 6) is 0.809. The highest BCUT2D eigenvalue weighted by molar-refractivity contribution is 5.53. The minimum absolute atomic E-state index is 0.242. The molecular weight excluding hydrogens is 124 g/mol. The molecule has 0 fully saturated rings. The average molecular weight is 142 g/mol. The maximum absolute atomic E-state index is 10.3. The first-order chi connectivity index (χ1) is 4.72. The molecule has 0 radical (unpaired) electrons. The zero-order chi connectivity index (χ0) is 7.98. The molecule has 0 rings (SSSR count). The van der Waals surface area contributed by atoms with Crippen molar-refractivity contribution in [1.29, 1.82) is 0 Å². The standard InChI is InChI=1S/C9H18O/c1-4-5-6-8(2)9(3)7-10/h7-9H,4-6H2,1-3H3. The molecular formula is C9H18O. The zero-order valence-electron chi connectivity index (χ0n) is 7.26. The molecule has 0 aliphatic carbocycles. The van der Waals surface area contributed by atoms with Crippen LogP contribution in [0.15, 0.2) is 0 Å². The number of hydrogen-bond acceptors (Lipinski definition) is 1. The molecule has 1 heteroatoms. The molecule has 0 N–H and O–H groups in total. The average Bonchev–Trinajstić information content (AvgIpc) is 1.98. The second-order valence-electron chi connectivity index (χ2n) is 3.11. The van der Waals surface area contributed by atoms with Gasteiger partial charge in [0.15, 0.2) is 0 Å². The first-order valence-electron chi connectivity index (χ1n) is 4.17. The topological polar surface area (TPSA) is 17.1 Å². The second-order valence-corrected chi connectivity index (χ2v) is 3.11. The highest BCUT2D eigenvalue weighted by atomic mass is 16.1. The summed E-state index contributed by atoms with van der Waals surface area (Å²) in [6, 6.07) is 0. The lowest BCUT2D eigenvalue weighted by molar-refractivity contribution is -0.111. The van der Waals surface area contributed by atoms with Crippen LogP contribution >= 0.6 is 0 Å². The van der Waals surface area contributed by atoms with Crippen molar-refractivity contribution in [3.05, 3.63) is 0 Å². The van der Waals surface area contributed by atoms with Crippen molar-refractivity contribution in [2.45, 2.75) is 40.0 Å². The van der Waals surface area contributed by atoms with E-state index in [4.69, 9.17) is 0 Å². The van der Waals surface area contributed by atoms with Crippen molar-refractivity contribution in [2.24, 2.45) is 11.8 Å². The quantitative estimate of drug-likeness (QED) is 0.539.